The van der Waals surface area contributed by atoms with Gasteiger partial charge < -0.3 is 4.90 Å². The molecular weight excluding hydrogens is 200 g/mol. The quantitative estimate of drug-likeness (QED) is 0.653. The van der Waals surface area contributed by atoms with Crippen molar-refractivity contribution >= 4 is 23.5 Å². The Morgan fingerprint density at radius 3 is 3.19 bits per heavy atom. The van der Waals surface area contributed by atoms with Crippen LogP contribution >= 0.6 is 0 Å². The van der Waals surface area contributed by atoms with Crippen LogP contribution in [0.2, 0.25) is 0 Å². The number of nitrogens with zero attached hydrogens (tertiary/aromatic N) is 2. The van der Waals surface area contributed by atoms with Crippen LogP contribution in [0.25, 0.3) is 0 Å². The van der Waals surface area contributed by atoms with Gasteiger partial charge in [0.1, 0.15) is 0 Å². The first-order chi connectivity index (χ1) is 7.77. The van der Waals surface area contributed by atoms with E-state index in [0.717, 1.165) is 24.2 Å². The first-order valence-corrected chi connectivity index (χ1v) is 5.71. The van der Waals surface area contributed by atoms with E-state index in [0.29, 0.717) is 12.3 Å². The summed E-state index contributed by atoms with van der Waals surface area (Å²) in [5.74, 6) is 0.612. The minimum absolute atomic E-state index is 0.207. The third kappa shape index (κ3) is 1.28. The van der Waals surface area contributed by atoms with Gasteiger partial charge in [-0.1, -0.05) is 6.07 Å². The number of aliphatic imine (C=N–C) groups is 1. The Morgan fingerprint density at radius 1 is 1.44 bits per heavy atom. The van der Waals surface area contributed by atoms with E-state index in [2.05, 4.69) is 4.99 Å². The average Bonchev–Trinajstić information content (AvgIpc) is 2.70. The lowest BCUT2D eigenvalue weighted by atomic mass is 9.91. The number of rotatable bonds is 0. The lowest BCUT2D eigenvalue weighted by Crippen LogP contribution is -2.28. The lowest BCUT2D eigenvalue weighted by molar-refractivity contribution is -0.118. The molecule has 2 aliphatic heterocycles. The maximum Gasteiger partial charge on any atom is 0.226 e. The number of hydrogen-bond donors (Lipinski definition) is 0. The van der Waals surface area contributed by atoms with Crippen molar-refractivity contribution in [3.05, 3.63) is 23.8 Å². The maximum absolute atomic E-state index is 11.9. The summed E-state index contributed by atoms with van der Waals surface area (Å²) in [6, 6.07) is 6.01. The zero-order valence-corrected chi connectivity index (χ0v) is 9.31. The monoisotopic (exact) mass is 214 g/mol. The molecule has 16 heavy (non-hydrogen) atoms. The van der Waals surface area contributed by atoms with E-state index in [1.807, 2.05) is 31.5 Å². The van der Waals surface area contributed by atoms with Crippen molar-refractivity contribution in [3.63, 3.8) is 0 Å². The molecule has 0 spiro atoms. The summed E-state index contributed by atoms with van der Waals surface area (Å²) in [5.41, 5.74) is 3.30. The SMILES string of the molecule is CN1C(=O)CCCC2C=Nc3cccc1c32. The molecule has 0 saturated carbocycles. The predicted molar refractivity (Wildman–Crippen MR) is 64.6 cm³/mol. The van der Waals surface area contributed by atoms with E-state index in [4.69, 9.17) is 0 Å². The van der Waals surface area contributed by atoms with Crippen molar-refractivity contribution in [2.24, 2.45) is 4.99 Å². The number of benzene rings is 1. The van der Waals surface area contributed by atoms with Crippen molar-refractivity contribution in [2.75, 3.05) is 11.9 Å². The fourth-order valence-electron chi connectivity index (χ4n) is 2.57. The molecule has 0 N–H and O–H groups in total. The molecule has 1 aromatic rings. The van der Waals surface area contributed by atoms with Crippen LogP contribution in [0.4, 0.5) is 11.4 Å². The van der Waals surface area contributed by atoms with E-state index in [9.17, 15) is 4.79 Å². The van der Waals surface area contributed by atoms with E-state index in [1.165, 1.54) is 5.56 Å². The molecule has 1 amide bonds. The first-order valence-electron chi connectivity index (χ1n) is 5.71. The number of carbonyl (C=O) groups excluding carboxylic acids is 1. The molecule has 0 bridgehead atoms. The normalized spacial score (nSPS) is 22.9. The van der Waals surface area contributed by atoms with Crippen LogP contribution in [0, 0.1) is 0 Å². The van der Waals surface area contributed by atoms with Crippen LogP contribution in [-0.2, 0) is 4.79 Å². The van der Waals surface area contributed by atoms with Gasteiger partial charge in [-0.25, -0.2) is 0 Å². The fraction of sp³-hybridized carbons (Fsp3) is 0.385. The summed E-state index contributed by atoms with van der Waals surface area (Å²) in [6.07, 6.45) is 4.66. The highest BCUT2D eigenvalue weighted by molar-refractivity contribution is 5.97. The summed E-state index contributed by atoms with van der Waals surface area (Å²) in [5, 5.41) is 0. The van der Waals surface area contributed by atoms with Gasteiger partial charge in [0.15, 0.2) is 0 Å². The van der Waals surface area contributed by atoms with Crippen LogP contribution in [0.3, 0.4) is 0 Å². The van der Waals surface area contributed by atoms with Crippen LogP contribution in [-0.4, -0.2) is 19.2 Å². The molecule has 3 heteroatoms. The summed E-state index contributed by atoms with van der Waals surface area (Å²) in [7, 11) is 1.86. The number of amides is 1. The number of hydrogen-bond acceptors (Lipinski definition) is 2. The highest BCUT2D eigenvalue weighted by Crippen LogP contribution is 2.42. The Kier molecular flexibility index (Phi) is 2.06. The summed E-state index contributed by atoms with van der Waals surface area (Å²) >= 11 is 0. The summed E-state index contributed by atoms with van der Waals surface area (Å²) in [4.78, 5) is 18.1. The van der Waals surface area contributed by atoms with Crippen molar-refractivity contribution in [2.45, 2.75) is 25.2 Å². The Morgan fingerprint density at radius 2 is 2.31 bits per heavy atom. The predicted octanol–water partition coefficient (Wildman–Crippen LogP) is 2.63. The van der Waals surface area contributed by atoms with Gasteiger partial charge in [-0.2, -0.15) is 0 Å². The topological polar surface area (TPSA) is 32.7 Å². The highest BCUT2D eigenvalue weighted by Gasteiger charge is 2.27. The molecule has 1 atom stereocenters. The second kappa shape index (κ2) is 3.44. The second-order valence-electron chi connectivity index (χ2n) is 4.44. The first kappa shape index (κ1) is 9.58. The molecule has 0 aromatic heterocycles. The maximum atomic E-state index is 11.9. The Labute approximate surface area is 94.8 Å². The second-order valence-corrected chi connectivity index (χ2v) is 4.44. The van der Waals surface area contributed by atoms with Gasteiger partial charge in [0.05, 0.1) is 5.69 Å². The van der Waals surface area contributed by atoms with E-state index < -0.39 is 0 Å². The molecule has 0 radical (unpaired) electrons. The highest BCUT2D eigenvalue weighted by atomic mass is 16.2. The van der Waals surface area contributed by atoms with Crippen LogP contribution < -0.4 is 4.90 Å². The van der Waals surface area contributed by atoms with Crippen LogP contribution in [0.1, 0.15) is 30.7 Å². The molecule has 0 saturated heterocycles. The van der Waals surface area contributed by atoms with E-state index in [-0.39, 0.29) is 5.91 Å². The third-order valence-electron chi connectivity index (χ3n) is 3.47. The van der Waals surface area contributed by atoms with E-state index in [1.54, 1.807) is 4.90 Å². The van der Waals surface area contributed by atoms with Gasteiger partial charge in [-0.15, -0.1) is 0 Å². The van der Waals surface area contributed by atoms with Crippen molar-refractivity contribution in [1.29, 1.82) is 0 Å². The molecule has 3 nitrogen and oxygen atoms in total. The largest absolute Gasteiger partial charge is 0.315 e. The van der Waals surface area contributed by atoms with Crippen molar-refractivity contribution in [1.82, 2.24) is 0 Å². The lowest BCUT2D eigenvalue weighted by Gasteiger charge is -2.25. The Bertz CT molecular complexity index is 479. The minimum atomic E-state index is 0.207. The molecule has 82 valence electrons. The van der Waals surface area contributed by atoms with Crippen LogP contribution in [0.15, 0.2) is 23.2 Å². The smallest absolute Gasteiger partial charge is 0.226 e. The fourth-order valence-corrected chi connectivity index (χ4v) is 2.57. The van der Waals surface area contributed by atoms with Crippen LogP contribution in [0.5, 0.6) is 0 Å². The number of carbonyl (C=O) groups is 1. The van der Waals surface area contributed by atoms with Crippen molar-refractivity contribution in [3.8, 4) is 0 Å². The van der Waals surface area contributed by atoms with Crippen molar-refractivity contribution < 1.29 is 4.79 Å². The molecular formula is C13H14N2O. The Balaban J connectivity index is 2.17. The molecule has 1 aromatic carbocycles. The third-order valence-corrected chi connectivity index (χ3v) is 3.47. The molecule has 1 unspecified atom stereocenters. The standard InChI is InChI=1S/C13H14N2O/c1-15-11-6-3-5-10-13(11)9(8-14-10)4-2-7-12(15)16/h3,5-6,8-9H,2,4,7H2,1H3. The van der Waals surface area contributed by atoms with Gasteiger partial charge in [-0.3, -0.25) is 9.79 Å². The van der Waals surface area contributed by atoms with Gasteiger partial charge in [0, 0.05) is 36.9 Å². The van der Waals surface area contributed by atoms with E-state index >= 15 is 0 Å². The Hall–Kier alpha value is -1.64. The zero-order valence-electron chi connectivity index (χ0n) is 9.31. The minimum Gasteiger partial charge on any atom is -0.315 e. The molecule has 0 fully saturated rings. The molecule has 3 rings (SSSR count). The number of anilines is 1. The average molecular weight is 214 g/mol. The molecule has 2 heterocycles. The summed E-state index contributed by atoms with van der Waals surface area (Å²) < 4.78 is 0. The summed E-state index contributed by atoms with van der Waals surface area (Å²) in [6.45, 7) is 0. The molecule has 2 aliphatic rings. The van der Waals surface area contributed by atoms with Gasteiger partial charge in [-0.05, 0) is 25.0 Å². The van der Waals surface area contributed by atoms with Gasteiger partial charge in [0.25, 0.3) is 0 Å². The van der Waals surface area contributed by atoms with Gasteiger partial charge in [0.2, 0.25) is 5.91 Å². The molecule has 0 aliphatic carbocycles. The zero-order chi connectivity index (χ0) is 11.1. The van der Waals surface area contributed by atoms with Gasteiger partial charge >= 0.3 is 0 Å².